The first-order valence-electron chi connectivity index (χ1n) is 11.8. The number of imidazole rings is 1. The lowest BCUT2D eigenvalue weighted by Gasteiger charge is -2.26. The molecule has 0 bridgehead atoms. The van der Waals surface area contributed by atoms with Gasteiger partial charge in [-0.2, -0.15) is 0 Å². The lowest BCUT2D eigenvalue weighted by Crippen LogP contribution is -2.42. The minimum atomic E-state index is -0.766. The second-order valence-electron chi connectivity index (χ2n) is 9.30. The molecule has 0 radical (unpaired) electrons. The molecule has 2 amide bonds. The Balaban J connectivity index is 1.30. The highest BCUT2D eigenvalue weighted by molar-refractivity contribution is 5.95. The monoisotopic (exact) mass is 464 g/mol. The number of rotatable bonds is 7. The third-order valence-electron chi connectivity index (χ3n) is 6.87. The number of hydrogen-bond donors (Lipinski definition) is 1. The van der Waals surface area contributed by atoms with Gasteiger partial charge in [0.15, 0.2) is 0 Å². The molecule has 3 aromatic carbocycles. The molecule has 0 saturated carbocycles. The van der Waals surface area contributed by atoms with Gasteiger partial charge in [-0.05, 0) is 47.2 Å². The minimum absolute atomic E-state index is 0.0694. The molecule has 5 rings (SSSR count). The van der Waals surface area contributed by atoms with Crippen LogP contribution >= 0.6 is 0 Å². The first kappa shape index (κ1) is 22.6. The lowest BCUT2D eigenvalue weighted by molar-refractivity contribution is -0.126. The highest BCUT2D eigenvalue weighted by Crippen LogP contribution is 2.35. The van der Waals surface area contributed by atoms with Gasteiger partial charge in [0.1, 0.15) is 0 Å². The van der Waals surface area contributed by atoms with Crippen LogP contribution in [-0.2, 0) is 17.8 Å². The summed E-state index contributed by atoms with van der Waals surface area (Å²) in [7, 11) is 0. The summed E-state index contributed by atoms with van der Waals surface area (Å²) in [6.45, 7) is 1.48. The molecule has 35 heavy (non-hydrogen) atoms. The molecular formula is C29H28N4O2. The summed E-state index contributed by atoms with van der Waals surface area (Å²) in [4.78, 5) is 31.8. The molecule has 1 aliphatic heterocycles. The van der Waals surface area contributed by atoms with E-state index in [-0.39, 0.29) is 11.8 Å². The highest BCUT2D eigenvalue weighted by atomic mass is 16.2. The zero-order valence-corrected chi connectivity index (χ0v) is 19.5. The number of amides is 2. The smallest absolute Gasteiger partial charge is 0.253 e. The van der Waals surface area contributed by atoms with Crippen molar-refractivity contribution in [2.45, 2.75) is 19.4 Å². The molecule has 4 aromatic rings. The molecule has 6 nitrogen and oxygen atoms in total. The summed E-state index contributed by atoms with van der Waals surface area (Å²) >= 11 is 0. The minimum Gasteiger partial charge on any atom is -0.369 e. The zero-order chi connectivity index (χ0) is 24.3. The van der Waals surface area contributed by atoms with Gasteiger partial charge in [0.25, 0.3) is 5.91 Å². The van der Waals surface area contributed by atoms with Gasteiger partial charge in [-0.25, -0.2) is 4.98 Å². The van der Waals surface area contributed by atoms with E-state index in [9.17, 15) is 9.59 Å². The van der Waals surface area contributed by atoms with E-state index in [0.29, 0.717) is 38.0 Å². The van der Waals surface area contributed by atoms with Crippen LogP contribution in [0.15, 0.2) is 97.6 Å². The SMILES string of the molecule is NC(=O)C1(Cc2ccc(-c3ccccc3)cc2)CCN(C(=O)c2cccc(Cn3ccnc3)c2)C1. The van der Waals surface area contributed by atoms with Crippen molar-refractivity contribution in [2.24, 2.45) is 11.1 Å². The van der Waals surface area contributed by atoms with Crippen molar-refractivity contribution in [3.8, 4) is 11.1 Å². The van der Waals surface area contributed by atoms with Crippen molar-refractivity contribution in [2.75, 3.05) is 13.1 Å². The molecule has 6 heteroatoms. The van der Waals surface area contributed by atoms with E-state index in [1.54, 1.807) is 17.4 Å². The Morgan fingerprint density at radius 1 is 0.914 bits per heavy atom. The molecule has 1 aliphatic rings. The van der Waals surface area contributed by atoms with Gasteiger partial charge < -0.3 is 15.2 Å². The second kappa shape index (κ2) is 9.58. The van der Waals surface area contributed by atoms with Crippen molar-refractivity contribution < 1.29 is 9.59 Å². The quantitative estimate of drug-likeness (QED) is 0.446. The second-order valence-corrected chi connectivity index (χ2v) is 9.30. The van der Waals surface area contributed by atoms with Gasteiger partial charge in [-0.15, -0.1) is 0 Å². The van der Waals surface area contributed by atoms with Gasteiger partial charge in [0, 0.05) is 37.6 Å². The lowest BCUT2D eigenvalue weighted by atomic mass is 9.80. The third kappa shape index (κ3) is 4.87. The standard InChI is InChI=1S/C29H28N4O2/c30-28(35)29(18-22-9-11-25(12-10-22)24-6-2-1-3-7-24)13-15-33(20-29)27(34)26-8-4-5-23(17-26)19-32-16-14-31-21-32/h1-12,14,16-17,21H,13,15,18-20H2,(H2,30,35). The Labute approximate surface area is 205 Å². The summed E-state index contributed by atoms with van der Waals surface area (Å²) in [5, 5.41) is 0. The number of aromatic nitrogens is 2. The Bertz CT molecular complexity index is 1320. The number of likely N-dealkylation sites (tertiary alicyclic amines) is 1. The predicted molar refractivity (Wildman–Crippen MR) is 136 cm³/mol. The van der Waals surface area contributed by atoms with Crippen molar-refractivity contribution in [3.05, 3.63) is 114 Å². The van der Waals surface area contributed by atoms with Crippen LogP contribution < -0.4 is 5.73 Å². The predicted octanol–water partition coefficient (Wildman–Crippen LogP) is 4.16. The van der Waals surface area contributed by atoms with Crippen LogP contribution in [0.2, 0.25) is 0 Å². The number of carbonyl (C=O) groups is 2. The fourth-order valence-corrected chi connectivity index (χ4v) is 4.89. The van der Waals surface area contributed by atoms with E-state index in [4.69, 9.17) is 5.73 Å². The van der Waals surface area contributed by atoms with E-state index in [1.165, 1.54) is 0 Å². The number of benzene rings is 3. The van der Waals surface area contributed by atoms with E-state index in [2.05, 4.69) is 41.4 Å². The van der Waals surface area contributed by atoms with Crippen molar-refractivity contribution in [3.63, 3.8) is 0 Å². The molecule has 0 aliphatic carbocycles. The van der Waals surface area contributed by atoms with Gasteiger partial charge in [-0.1, -0.05) is 66.7 Å². The first-order valence-corrected chi connectivity index (χ1v) is 11.8. The normalized spacial score (nSPS) is 17.4. The van der Waals surface area contributed by atoms with Crippen LogP contribution in [0.1, 0.15) is 27.9 Å². The van der Waals surface area contributed by atoms with Crippen molar-refractivity contribution >= 4 is 11.8 Å². The van der Waals surface area contributed by atoms with Gasteiger partial charge in [0.2, 0.25) is 5.91 Å². The van der Waals surface area contributed by atoms with Crippen LogP contribution in [-0.4, -0.2) is 39.4 Å². The largest absolute Gasteiger partial charge is 0.369 e. The zero-order valence-electron chi connectivity index (χ0n) is 19.5. The molecule has 2 heterocycles. The van der Waals surface area contributed by atoms with Crippen LogP contribution in [0.25, 0.3) is 11.1 Å². The number of nitrogens with zero attached hydrogens (tertiary/aromatic N) is 3. The molecule has 1 aromatic heterocycles. The fourth-order valence-electron chi connectivity index (χ4n) is 4.89. The molecule has 0 spiro atoms. The topological polar surface area (TPSA) is 81.2 Å². The summed E-state index contributed by atoms with van der Waals surface area (Å²) in [5.41, 5.74) is 10.1. The summed E-state index contributed by atoms with van der Waals surface area (Å²) in [5.74, 6) is -0.422. The summed E-state index contributed by atoms with van der Waals surface area (Å²) in [6, 6.07) is 26.1. The number of hydrogen-bond acceptors (Lipinski definition) is 3. The van der Waals surface area contributed by atoms with Crippen molar-refractivity contribution in [1.29, 1.82) is 0 Å². The number of primary amides is 1. The van der Waals surface area contributed by atoms with Crippen LogP contribution in [0.3, 0.4) is 0 Å². The average molecular weight is 465 g/mol. The first-order chi connectivity index (χ1) is 17.0. The van der Waals surface area contributed by atoms with E-state index in [0.717, 1.165) is 22.3 Å². The Morgan fingerprint density at radius 3 is 2.40 bits per heavy atom. The molecule has 2 N–H and O–H groups in total. The average Bonchev–Trinajstić information content (AvgIpc) is 3.56. The molecule has 176 valence electrons. The maximum atomic E-state index is 13.3. The molecule has 1 unspecified atom stereocenters. The Hall–Kier alpha value is -4.19. The number of carbonyl (C=O) groups excluding carboxylic acids is 2. The van der Waals surface area contributed by atoms with Crippen LogP contribution in [0, 0.1) is 5.41 Å². The summed E-state index contributed by atoms with van der Waals surface area (Å²) in [6.07, 6.45) is 6.45. The number of nitrogens with two attached hydrogens (primary N) is 1. The molecule has 1 atom stereocenters. The van der Waals surface area contributed by atoms with E-state index < -0.39 is 5.41 Å². The summed E-state index contributed by atoms with van der Waals surface area (Å²) < 4.78 is 1.96. The van der Waals surface area contributed by atoms with Crippen molar-refractivity contribution in [1.82, 2.24) is 14.5 Å². The third-order valence-corrected chi connectivity index (χ3v) is 6.87. The van der Waals surface area contributed by atoms with E-state index in [1.807, 2.05) is 53.2 Å². The molecular weight excluding hydrogens is 436 g/mol. The van der Waals surface area contributed by atoms with Gasteiger partial charge in [0.05, 0.1) is 11.7 Å². The van der Waals surface area contributed by atoms with Crippen LogP contribution in [0.4, 0.5) is 0 Å². The molecule has 1 saturated heterocycles. The van der Waals surface area contributed by atoms with E-state index >= 15 is 0 Å². The van der Waals surface area contributed by atoms with Gasteiger partial charge in [-0.3, -0.25) is 9.59 Å². The Morgan fingerprint density at radius 2 is 1.69 bits per heavy atom. The fraction of sp³-hybridized carbons (Fsp3) is 0.207. The maximum absolute atomic E-state index is 13.3. The Kier molecular flexibility index (Phi) is 6.19. The van der Waals surface area contributed by atoms with Crippen LogP contribution in [0.5, 0.6) is 0 Å². The maximum Gasteiger partial charge on any atom is 0.253 e. The molecule has 1 fully saturated rings. The highest BCUT2D eigenvalue weighted by Gasteiger charge is 2.44. The van der Waals surface area contributed by atoms with Gasteiger partial charge >= 0.3 is 0 Å².